The summed E-state index contributed by atoms with van der Waals surface area (Å²) < 4.78 is 0. The quantitative estimate of drug-likeness (QED) is 0.282. The van der Waals surface area contributed by atoms with Crippen molar-refractivity contribution in [2.75, 3.05) is 13.1 Å². The predicted octanol–water partition coefficient (Wildman–Crippen LogP) is 6.92. The van der Waals surface area contributed by atoms with Gasteiger partial charge in [0, 0.05) is 25.5 Å². The molecule has 1 rings (SSSR count). The topological polar surface area (TPSA) is 6.48 Å². The van der Waals surface area contributed by atoms with Gasteiger partial charge in [0.25, 0.3) is 0 Å². The zero-order chi connectivity index (χ0) is 17.5. The van der Waals surface area contributed by atoms with Crippen LogP contribution in [-0.2, 0) is 0 Å². The molecule has 0 aliphatic carbocycles. The number of rotatable bonds is 16. The molecule has 1 heterocycles. The number of unbranched alkanes of at least 4 members (excludes halogenated alkanes) is 10. The lowest BCUT2D eigenvalue weighted by Gasteiger charge is -2.33. The fourth-order valence-electron chi connectivity index (χ4n) is 3.67. The highest BCUT2D eigenvalue weighted by Crippen LogP contribution is 2.22. The second-order valence-electron chi connectivity index (χ2n) is 7.58. The Morgan fingerprint density at radius 1 is 0.542 bits per heavy atom. The average molecular weight is 337 g/mol. The van der Waals surface area contributed by atoms with Gasteiger partial charge >= 0.3 is 0 Å². The van der Waals surface area contributed by atoms with Crippen LogP contribution in [0.15, 0.2) is 12.4 Å². The first-order valence-electron chi connectivity index (χ1n) is 11.0. The zero-order valence-corrected chi connectivity index (χ0v) is 16.9. The third kappa shape index (κ3) is 8.99. The SMILES string of the molecule is CCCCCCCCCCCN1C=CN(CCCC)C1CCCC. The van der Waals surface area contributed by atoms with Crippen molar-refractivity contribution in [3.8, 4) is 0 Å². The summed E-state index contributed by atoms with van der Waals surface area (Å²) in [4.78, 5) is 5.21. The lowest BCUT2D eigenvalue weighted by Crippen LogP contribution is -2.39. The largest absolute Gasteiger partial charge is 0.356 e. The summed E-state index contributed by atoms with van der Waals surface area (Å²) in [6.07, 6.45) is 24.7. The van der Waals surface area contributed by atoms with Crippen LogP contribution >= 0.6 is 0 Å². The van der Waals surface area contributed by atoms with Crippen molar-refractivity contribution < 1.29 is 0 Å². The molecule has 0 saturated carbocycles. The summed E-state index contributed by atoms with van der Waals surface area (Å²) in [6.45, 7) is 9.38. The van der Waals surface area contributed by atoms with E-state index in [1.807, 2.05) is 0 Å². The summed E-state index contributed by atoms with van der Waals surface area (Å²) in [5.74, 6) is 0. The van der Waals surface area contributed by atoms with Crippen LogP contribution in [0.1, 0.15) is 111 Å². The van der Waals surface area contributed by atoms with E-state index in [4.69, 9.17) is 0 Å². The minimum atomic E-state index is 0.644. The van der Waals surface area contributed by atoms with E-state index in [1.165, 1.54) is 103 Å². The summed E-state index contributed by atoms with van der Waals surface area (Å²) in [5, 5.41) is 0. The van der Waals surface area contributed by atoms with Gasteiger partial charge in [0.05, 0.1) is 0 Å². The van der Waals surface area contributed by atoms with E-state index in [1.54, 1.807) is 0 Å². The van der Waals surface area contributed by atoms with E-state index >= 15 is 0 Å². The van der Waals surface area contributed by atoms with Gasteiger partial charge in [-0.3, -0.25) is 0 Å². The molecule has 0 aromatic rings. The summed E-state index contributed by atoms with van der Waals surface area (Å²) >= 11 is 0. The third-order valence-electron chi connectivity index (χ3n) is 5.32. The number of hydrogen-bond donors (Lipinski definition) is 0. The Bertz CT molecular complexity index is 300. The minimum Gasteiger partial charge on any atom is -0.356 e. The van der Waals surface area contributed by atoms with Crippen LogP contribution in [0, 0.1) is 0 Å². The van der Waals surface area contributed by atoms with Gasteiger partial charge in [0.2, 0.25) is 0 Å². The molecule has 0 aromatic carbocycles. The van der Waals surface area contributed by atoms with Crippen molar-refractivity contribution in [2.45, 2.75) is 117 Å². The van der Waals surface area contributed by atoms with Gasteiger partial charge < -0.3 is 9.80 Å². The van der Waals surface area contributed by atoms with Gasteiger partial charge in [-0.05, 0) is 25.7 Å². The Morgan fingerprint density at radius 3 is 1.54 bits per heavy atom. The highest BCUT2D eigenvalue weighted by molar-refractivity contribution is 4.96. The molecule has 2 nitrogen and oxygen atoms in total. The molecule has 1 atom stereocenters. The van der Waals surface area contributed by atoms with Gasteiger partial charge in [0.1, 0.15) is 6.17 Å². The molecule has 2 heteroatoms. The molecular weight excluding hydrogens is 292 g/mol. The van der Waals surface area contributed by atoms with Crippen LogP contribution < -0.4 is 0 Å². The highest BCUT2D eigenvalue weighted by atomic mass is 15.4. The molecule has 0 radical (unpaired) electrons. The molecule has 1 aliphatic heterocycles. The molecule has 0 aromatic heterocycles. The molecule has 0 N–H and O–H groups in total. The van der Waals surface area contributed by atoms with Gasteiger partial charge in [0.15, 0.2) is 0 Å². The lowest BCUT2D eigenvalue weighted by atomic mass is 10.1. The van der Waals surface area contributed by atoms with E-state index in [0.717, 1.165) is 0 Å². The Morgan fingerprint density at radius 2 is 1.00 bits per heavy atom. The molecule has 0 saturated heterocycles. The van der Waals surface area contributed by atoms with Gasteiger partial charge in [-0.2, -0.15) is 0 Å². The lowest BCUT2D eigenvalue weighted by molar-refractivity contribution is 0.137. The maximum Gasteiger partial charge on any atom is 0.101 e. The Balaban J connectivity index is 2.14. The van der Waals surface area contributed by atoms with Crippen molar-refractivity contribution in [1.29, 1.82) is 0 Å². The fraction of sp³-hybridized carbons (Fsp3) is 0.909. The van der Waals surface area contributed by atoms with E-state index in [2.05, 4.69) is 43.0 Å². The van der Waals surface area contributed by atoms with E-state index in [-0.39, 0.29) is 0 Å². The normalized spacial score (nSPS) is 17.2. The standard InChI is InChI=1S/C22H44N2/c1-4-7-10-11-12-13-14-15-16-19-24-21-20-23(18-9-6-3)22(24)17-8-5-2/h20-22H,4-19H2,1-3H3. The van der Waals surface area contributed by atoms with Crippen molar-refractivity contribution >= 4 is 0 Å². The van der Waals surface area contributed by atoms with Crippen molar-refractivity contribution in [1.82, 2.24) is 9.80 Å². The van der Waals surface area contributed by atoms with Gasteiger partial charge in [-0.1, -0.05) is 85.0 Å². The van der Waals surface area contributed by atoms with Crippen LogP contribution in [0.25, 0.3) is 0 Å². The minimum absolute atomic E-state index is 0.644. The molecule has 0 fully saturated rings. The van der Waals surface area contributed by atoms with Crippen molar-refractivity contribution in [3.05, 3.63) is 12.4 Å². The van der Waals surface area contributed by atoms with Gasteiger partial charge in [-0.25, -0.2) is 0 Å². The monoisotopic (exact) mass is 336 g/mol. The number of hydrogen-bond acceptors (Lipinski definition) is 2. The molecule has 1 unspecified atom stereocenters. The van der Waals surface area contributed by atoms with Crippen molar-refractivity contribution in [3.63, 3.8) is 0 Å². The maximum atomic E-state index is 2.62. The predicted molar refractivity (Wildman–Crippen MR) is 108 cm³/mol. The first-order chi connectivity index (χ1) is 11.8. The molecule has 1 aliphatic rings. The van der Waals surface area contributed by atoms with E-state index in [0.29, 0.717) is 6.17 Å². The Kier molecular flexibility index (Phi) is 13.1. The smallest absolute Gasteiger partial charge is 0.101 e. The second-order valence-corrected chi connectivity index (χ2v) is 7.58. The van der Waals surface area contributed by atoms with Gasteiger partial charge in [-0.15, -0.1) is 0 Å². The van der Waals surface area contributed by atoms with Crippen LogP contribution in [-0.4, -0.2) is 29.1 Å². The maximum absolute atomic E-state index is 2.62. The van der Waals surface area contributed by atoms with Crippen LogP contribution in [0.3, 0.4) is 0 Å². The van der Waals surface area contributed by atoms with E-state index < -0.39 is 0 Å². The van der Waals surface area contributed by atoms with E-state index in [9.17, 15) is 0 Å². The average Bonchev–Trinajstić information content (AvgIpc) is 2.98. The highest BCUT2D eigenvalue weighted by Gasteiger charge is 2.24. The second kappa shape index (κ2) is 14.7. The molecular formula is C22H44N2. The van der Waals surface area contributed by atoms with Crippen LogP contribution in [0.4, 0.5) is 0 Å². The zero-order valence-electron chi connectivity index (χ0n) is 16.9. The third-order valence-corrected chi connectivity index (χ3v) is 5.32. The summed E-state index contributed by atoms with van der Waals surface area (Å²) in [5.41, 5.74) is 0. The first-order valence-corrected chi connectivity index (χ1v) is 11.0. The van der Waals surface area contributed by atoms with Crippen LogP contribution in [0.2, 0.25) is 0 Å². The molecule has 0 amide bonds. The fourth-order valence-corrected chi connectivity index (χ4v) is 3.67. The van der Waals surface area contributed by atoms with Crippen molar-refractivity contribution in [2.24, 2.45) is 0 Å². The number of nitrogens with zero attached hydrogens (tertiary/aromatic N) is 2. The summed E-state index contributed by atoms with van der Waals surface area (Å²) in [6, 6.07) is 0. The Hall–Kier alpha value is -0.660. The molecule has 24 heavy (non-hydrogen) atoms. The Labute approximate surface area is 152 Å². The summed E-state index contributed by atoms with van der Waals surface area (Å²) in [7, 11) is 0. The molecule has 0 spiro atoms. The van der Waals surface area contributed by atoms with Crippen LogP contribution in [0.5, 0.6) is 0 Å². The first kappa shape index (κ1) is 21.4. The molecule has 142 valence electrons. The molecule has 0 bridgehead atoms.